The monoisotopic (exact) mass is 257 g/mol. The Kier molecular flexibility index (Phi) is 5.85. The van der Waals surface area contributed by atoms with Crippen LogP contribution in [0, 0.1) is 0 Å². The summed E-state index contributed by atoms with van der Waals surface area (Å²) in [5, 5.41) is 7.75. The first-order valence-electron chi connectivity index (χ1n) is 6.02. The lowest BCUT2D eigenvalue weighted by molar-refractivity contribution is 0.394. The lowest BCUT2D eigenvalue weighted by Crippen LogP contribution is -2.24. The van der Waals surface area contributed by atoms with Crippen molar-refractivity contribution < 1.29 is 4.74 Å². The summed E-state index contributed by atoms with van der Waals surface area (Å²) in [5.41, 5.74) is 1.14. The molecule has 0 fully saturated rings. The minimum absolute atomic E-state index is 0.278. The largest absolute Gasteiger partial charge is 0.493 e. The van der Waals surface area contributed by atoms with Crippen LogP contribution in [0.5, 0.6) is 5.75 Å². The Morgan fingerprint density at radius 1 is 1.53 bits per heavy atom. The first-order chi connectivity index (χ1) is 8.15. The van der Waals surface area contributed by atoms with Crippen LogP contribution in [0.4, 0.5) is 0 Å². The van der Waals surface area contributed by atoms with Gasteiger partial charge in [-0.25, -0.2) is 0 Å². The zero-order valence-corrected chi connectivity index (χ0v) is 12.2. The van der Waals surface area contributed by atoms with Gasteiger partial charge in [0.2, 0.25) is 0 Å². The molecule has 0 aliphatic rings. The molecule has 0 aliphatic carbocycles. The van der Waals surface area contributed by atoms with Gasteiger partial charge in [0.15, 0.2) is 5.75 Å². The van der Waals surface area contributed by atoms with Gasteiger partial charge >= 0.3 is 0 Å². The van der Waals surface area contributed by atoms with Crippen LogP contribution in [0.3, 0.4) is 0 Å². The van der Waals surface area contributed by atoms with Gasteiger partial charge in [-0.1, -0.05) is 6.92 Å². The lowest BCUT2D eigenvalue weighted by Gasteiger charge is -2.20. The number of nitrogens with one attached hydrogen (secondary N) is 1. The average molecular weight is 257 g/mol. The van der Waals surface area contributed by atoms with Crippen LogP contribution in [-0.4, -0.2) is 35.4 Å². The highest BCUT2D eigenvalue weighted by Gasteiger charge is 2.21. The number of methoxy groups -OCH3 is 1. The summed E-state index contributed by atoms with van der Waals surface area (Å²) in [6.45, 7) is 6.44. The number of hydrogen-bond acceptors (Lipinski definition) is 4. The molecule has 0 spiro atoms. The first-order valence-corrected chi connectivity index (χ1v) is 7.17. The summed E-state index contributed by atoms with van der Waals surface area (Å²) in [4.78, 5) is 0. The van der Waals surface area contributed by atoms with Gasteiger partial charge in [-0.15, -0.1) is 0 Å². The second-order valence-electron chi connectivity index (χ2n) is 4.14. The zero-order chi connectivity index (χ0) is 12.8. The number of thioether (sulfide) groups is 1. The third-order valence-electron chi connectivity index (χ3n) is 2.67. The van der Waals surface area contributed by atoms with E-state index < -0.39 is 0 Å². The highest BCUT2D eigenvalue weighted by atomic mass is 32.2. The first kappa shape index (κ1) is 14.4. The number of ether oxygens (including phenoxy) is 1. The van der Waals surface area contributed by atoms with Crippen molar-refractivity contribution >= 4 is 11.8 Å². The smallest absolute Gasteiger partial charge is 0.161 e. The van der Waals surface area contributed by atoms with Crippen molar-refractivity contribution in [1.82, 2.24) is 15.1 Å². The third-order valence-corrected chi connectivity index (χ3v) is 3.65. The van der Waals surface area contributed by atoms with E-state index in [-0.39, 0.29) is 6.04 Å². The van der Waals surface area contributed by atoms with E-state index in [1.165, 1.54) is 0 Å². The topological polar surface area (TPSA) is 39.1 Å². The molecule has 98 valence electrons. The number of hydrogen-bond donors (Lipinski definition) is 1. The molecule has 0 amide bonds. The number of aromatic nitrogens is 2. The molecular weight excluding hydrogens is 234 g/mol. The van der Waals surface area contributed by atoms with E-state index in [0.717, 1.165) is 22.9 Å². The summed E-state index contributed by atoms with van der Waals surface area (Å²) >= 11 is 1.92. The predicted octanol–water partition coefficient (Wildman–Crippen LogP) is 2.49. The van der Waals surface area contributed by atoms with Crippen molar-refractivity contribution in [2.45, 2.75) is 32.9 Å². The van der Waals surface area contributed by atoms with E-state index in [4.69, 9.17) is 4.74 Å². The molecule has 0 saturated heterocycles. The lowest BCUT2D eigenvalue weighted by atomic mass is 10.2. The second kappa shape index (κ2) is 6.91. The van der Waals surface area contributed by atoms with Crippen LogP contribution in [0.1, 0.15) is 38.5 Å². The second-order valence-corrected chi connectivity index (χ2v) is 5.46. The van der Waals surface area contributed by atoms with Gasteiger partial charge in [0.1, 0.15) is 0 Å². The molecule has 5 heteroatoms. The van der Waals surface area contributed by atoms with Crippen LogP contribution in [0.15, 0.2) is 6.20 Å². The molecule has 1 atom stereocenters. The van der Waals surface area contributed by atoms with E-state index in [0.29, 0.717) is 6.04 Å². The summed E-state index contributed by atoms with van der Waals surface area (Å²) in [6.07, 6.45) is 1.80. The summed E-state index contributed by atoms with van der Waals surface area (Å²) in [7, 11) is 3.68. The fraction of sp³-hybridized carbons (Fsp3) is 0.750. The van der Waals surface area contributed by atoms with Crippen molar-refractivity contribution in [3.05, 3.63) is 11.9 Å². The molecule has 0 aromatic carbocycles. The fourth-order valence-corrected chi connectivity index (χ4v) is 2.59. The molecular formula is C12H23N3OS. The number of rotatable bonds is 7. The van der Waals surface area contributed by atoms with E-state index >= 15 is 0 Å². The van der Waals surface area contributed by atoms with Crippen molar-refractivity contribution in [2.75, 3.05) is 25.7 Å². The molecule has 0 aliphatic heterocycles. The number of nitrogens with zero attached hydrogens (tertiary/aromatic N) is 2. The Morgan fingerprint density at radius 2 is 2.24 bits per heavy atom. The average Bonchev–Trinajstić information content (AvgIpc) is 2.74. The van der Waals surface area contributed by atoms with E-state index in [1.54, 1.807) is 13.3 Å². The van der Waals surface area contributed by atoms with E-state index in [1.807, 2.05) is 23.5 Å². The maximum Gasteiger partial charge on any atom is 0.161 e. The van der Waals surface area contributed by atoms with Gasteiger partial charge < -0.3 is 10.1 Å². The van der Waals surface area contributed by atoms with Crippen LogP contribution in [0.25, 0.3) is 0 Å². The maximum absolute atomic E-state index is 5.41. The van der Waals surface area contributed by atoms with Crippen molar-refractivity contribution in [3.63, 3.8) is 0 Å². The normalized spacial score (nSPS) is 13.1. The maximum atomic E-state index is 5.41. The van der Waals surface area contributed by atoms with Crippen molar-refractivity contribution in [3.8, 4) is 5.75 Å². The standard InChI is InChI=1S/C12H23N3OS/c1-6-17-8-10(13-4)12-11(16-5)7-14-15(12)9(2)3/h7,9-10,13H,6,8H2,1-5H3. The molecule has 0 bridgehead atoms. The van der Waals surface area contributed by atoms with E-state index in [9.17, 15) is 0 Å². The van der Waals surface area contributed by atoms with Crippen LogP contribution < -0.4 is 10.1 Å². The van der Waals surface area contributed by atoms with Gasteiger partial charge in [0, 0.05) is 11.8 Å². The molecule has 17 heavy (non-hydrogen) atoms. The van der Waals surface area contributed by atoms with Gasteiger partial charge in [0.25, 0.3) is 0 Å². The van der Waals surface area contributed by atoms with Crippen LogP contribution in [-0.2, 0) is 0 Å². The molecule has 1 N–H and O–H groups in total. The molecule has 1 rings (SSSR count). The van der Waals surface area contributed by atoms with Gasteiger partial charge in [-0.2, -0.15) is 16.9 Å². The highest BCUT2D eigenvalue weighted by molar-refractivity contribution is 7.99. The summed E-state index contributed by atoms with van der Waals surface area (Å²) < 4.78 is 7.44. The quantitative estimate of drug-likeness (QED) is 0.814. The van der Waals surface area contributed by atoms with Crippen LogP contribution >= 0.6 is 11.8 Å². The molecule has 0 saturated carbocycles. The van der Waals surface area contributed by atoms with Gasteiger partial charge in [-0.05, 0) is 26.6 Å². The Hall–Kier alpha value is -0.680. The van der Waals surface area contributed by atoms with Crippen molar-refractivity contribution in [2.24, 2.45) is 0 Å². The van der Waals surface area contributed by atoms with Gasteiger partial charge in [-0.3, -0.25) is 4.68 Å². The summed E-state index contributed by atoms with van der Waals surface area (Å²) in [6, 6.07) is 0.621. The highest BCUT2D eigenvalue weighted by Crippen LogP contribution is 2.29. The minimum Gasteiger partial charge on any atom is -0.493 e. The molecule has 1 unspecified atom stereocenters. The molecule has 1 aromatic heterocycles. The Morgan fingerprint density at radius 3 is 2.71 bits per heavy atom. The zero-order valence-electron chi connectivity index (χ0n) is 11.4. The minimum atomic E-state index is 0.278. The van der Waals surface area contributed by atoms with Gasteiger partial charge in [0.05, 0.1) is 25.0 Å². The Bertz CT molecular complexity index is 338. The molecule has 0 radical (unpaired) electrons. The molecule has 1 aromatic rings. The SMILES string of the molecule is CCSCC(NC)c1c(OC)cnn1C(C)C. The van der Waals surface area contributed by atoms with Crippen molar-refractivity contribution in [1.29, 1.82) is 0 Å². The van der Waals surface area contributed by atoms with Crippen LogP contribution in [0.2, 0.25) is 0 Å². The summed E-state index contributed by atoms with van der Waals surface area (Å²) in [5.74, 6) is 3.02. The van der Waals surface area contributed by atoms with E-state index in [2.05, 4.69) is 31.2 Å². The predicted molar refractivity (Wildman–Crippen MR) is 74.0 cm³/mol. The molecule has 1 heterocycles. The Balaban J connectivity index is 3.01. The third kappa shape index (κ3) is 3.39. The molecule has 4 nitrogen and oxygen atoms in total. The fourth-order valence-electron chi connectivity index (χ4n) is 1.79. The Labute approximate surface area is 108 Å².